The zero-order valence-electron chi connectivity index (χ0n) is 11.4. The summed E-state index contributed by atoms with van der Waals surface area (Å²) in [6, 6.07) is 8.80. The van der Waals surface area contributed by atoms with Crippen LogP contribution < -0.4 is 4.89 Å². The molecule has 1 aromatic carbocycles. The van der Waals surface area contributed by atoms with Crippen molar-refractivity contribution in [3.05, 3.63) is 54.6 Å². The van der Waals surface area contributed by atoms with Crippen LogP contribution in [0.1, 0.15) is 13.8 Å². The van der Waals surface area contributed by atoms with E-state index in [0.717, 1.165) is 0 Å². The molecule has 5 heteroatoms. The van der Waals surface area contributed by atoms with E-state index in [9.17, 15) is 9.69 Å². The number of carbonyl (C=O) groups is 1. The zero-order valence-corrected chi connectivity index (χ0v) is 12.3. The molecule has 3 atom stereocenters. The minimum atomic E-state index is -2.40. The molecule has 3 unspecified atom stereocenters. The zero-order chi connectivity index (χ0) is 14.6. The highest BCUT2D eigenvalue weighted by Gasteiger charge is 2.40. The first kappa shape index (κ1) is 14.6. The fourth-order valence-electron chi connectivity index (χ4n) is 1.87. The summed E-state index contributed by atoms with van der Waals surface area (Å²) < 4.78 is 8.86. The molecule has 0 heterocycles. The highest BCUT2D eigenvalue weighted by Crippen LogP contribution is 2.37. The molecule has 0 radical (unpaired) electrons. The number of nitrogens with zero attached hydrogens (tertiary/aromatic N) is 1. The third-order valence-electron chi connectivity index (χ3n) is 3.45. The Bertz CT molecular complexity index is 580. The largest absolute Gasteiger partial charge is 0.575 e. The first-order chi connectivity index (χ1) is 9.52. The number of carbonyl (C=O) groups excluding carboxylic acids is 1. The first-order valence-corrected chi connectivity index (χ1v) is 7.48. The van der Waals surface area contributed by atoms with E-state index in [1.807, 2.05) is 25.1 Å². The Morgan fingerprint density at radius 3 is 2.70 bits per heavy atom. The monoisotopic (exact) mass is 289 g/mol. The van der Waals surface area contributed by atoms with E-state index in [-0.39, 0.29) is 5.92 Å². The smallest absolute Gasteiger partial charge is 0.404 e. The van der Waals surface area contributed by atoms with Gasteiger partial charge in [-0.05, 0) is 29.7 Å². The molecule has 1 aliphatic carbocycles. The van der Waals surface area contributed by atoms with Crippen molar-refractivity contribution >= 4 is 19.8 Å². The minimum Gasteiger partial charge on any atom is -0.575 e. The van der Waals surface area contributed by atoms with Crippen molar-refractivity contribution in [2.75, 3.05) is 0 Å². The molecule has 0 saturated carbocycles. The highest BCUT2D eigenvalue weighted by atomic mass is 31.1. The molecule has 0 N–H and O–H groups in total. The van der Waals surface area contributed by atoms with Crippen molar-refractivity contribution in [1.29, 1.82) is 0 Å². The van der Waals surface area contributed by atoms with Crippen molar-refractivity contribution in [2.45, 2.75) is 13.8 Å². The lowest BCUT2D eigenvalue weighted by Crippen LogP contribution is -2.33. The van der Waals surface area contributed by atoms with Crippen LogP contribution in [-0.4, -0.2) is 5.97 Å². The van der Waals surface area contributed by atoms with Gasteiger partial charge in [0, 0.05) is 0 Å². The third-order valence-corrected chi connectivity index (χ3v) is 4.17. The lowest BCUT2D eigenvalue weighted by Gasteiger charge is -2.28. The van der Waals surface area contributed by atoms with Gasteiger partial charge < -0.3 is 4.89 Å². The average molecular weight is 289 g/mol. The Morgan fingerprint density at radius 2 is 2.05 bits per heavy atom. The summed E-state index contributed by atoms with van der Waals surface area (Å²) in [6.45, 7) is 3.69. The maximum Gasteiger partial charge on any atom is 0.404 e. The Morgan fingerprint density at radius 1 is 1.35 bits per heavy atom. The van der Waals surface area contributed by atoms with Gasteiger partial charge in [-0.15, -0.1) is 0 Å². The van der Waals surface area contributed by atoms with E-state index in [1.54, 1.807) is 43.3 Å². The fourth-order valence-corrected chi connectivity index (χ4v) is 2.57. The van der Waals surface area contributed by atoms with E-state index in [2.05, 4.69) is 4.74 Å². The SMILES string of the molecule is CC1C=CC=CC1(C)C(=O)O[P+]([O-])=Nc1ccccc1. The number of hydrogen-bond acceptors (Lipinski definition) is 4. The maximum absolute atomic E-state index is 12.2. The Balaban J connectivity index is 2.10. The van der Waals surface area contributed by atoms with E-state index < -0.39 is 19.6 Å². The highest BCUT2D eigenvalue weighted by molar-refractivity contribution is 7.34. The van der Waals surface area contributed by atoms with E-state index in [0.29, 0.717) is 5.69 Å². The summed E-state index contributed by atoms with van der Waals surface area (Å²) in [4.78, 5) is 24.0. The van der Waals surface area contributed by atoms with Crippen LogP contribution in [0.3, 0.4) is 0 Å². The Kier molecular flexibility index (Phi) is 4.48. The van der Waals surface area contributed by atoms with E-state index in [4.69, 9.17) is 4.52 Å². The van der Waals surface area contributed by atoms with Gasteiger partial charge in [0.05, 0.1) is 5.41 Å². The minimum absolute atomic E-state index is 0.0138. The fraction of sp³-hybridized carbons (Fsp3) is 0.267. The maximum atomic E-state index is 12.2. The van der Waals surface area contributed by atoms with Gasteiger partial charge in [-0.2, -0.15) is 0 Å². The number of hydrogen-bond donors (Lipinski definition) is 0. The molecule has 0 fully saturated rings. The molecular formula is C15H16NO3P. The van der Waals surface area contributed by atoms with Crippen LogP contribution in [0, 0.1) is 11.3 Å². The van der Waals surface area contributed by atoms with Crippen LogP contribution >= 0.6 is 8.17 Å². The van der Waals surface area contributed by atoms with Gasteiger partial charge in [0.25, 0.3) is 0 Å². The summed E-state index contributed by atoms with van der Waals surface area (Å²) in [7, 11) is -2.40. The first-order valence-electron chi connectivity index (χ1n) is 6.35. The molecule has 1 aromatic rings. The Labute approximate surface area is 119 Å². The van der Waals surface area contributed by atoms with Crippen LogP contribution in [0.2, 0.25) is 0 Å². The quantitative estimate of drug-likeness (QED) is 0.800. The molecule has 4 nitrogen and oxygen atoms in total. The van der Waals surface area contributed by atoms with Gasteiger partial charge in [0.2, 0.25) is 0 Å². The van der Waals surface area contributed by atoms with Gasteiger partial charge in [0.15, 0.2) is 0 Å². The topological polar surface area (TPSA) is 61.7 Å². The van der Waals surface area contributed by atoms with Crippen molar-refractivity contribution < 1.29 is 14.2 Å². The summed E-state index contributed by atoms with van der Waals surface area (Å²) in [6.07, 6.45) is 7.37. The van der Waals surface area contributed by atoms with Gasteiger partial charge in [0.1, 0.15) is 5.69 Å². The predicted molar refractivity (Wildman–Crippen MR) is 77.1 cm³/mol. The summed E-state index contributed by atoms with van der Waals surface area (Å²) in [5.74, 6) is -0.536. The second kappa shape index (κ2) is 6.12. The van der Waals surface area contributed by atoms with Crippen molar-refractivity contribution in [3.63, 3.8) is 0 Å². The molecule has 2 rings (SSSR count). The molecule has 0 aliphatic heterocycles. The van der Waals surface area contributed by atoms with Gasteiger partial charge in [-0.1, -0.05) is 49.4 Å². The van der Waals surface area contributed by atoms with Gasteiger partial charge in [-0.3, -0.25) is 0 Å². The van der Waals surface area contributed by atoms with Crippen molar-refractivity contribution in [1.82, 2.24) is 0 Å². The predicted octanol–water partition coefficient (Wildman–Crippen LogP) is 3.49. The molecule has 0 amide bonds. The second-order valence-corrected chi connectivity index (χ2v) is 5.73. The normalized spacial score (nSPS) is 25.6. The summed E-state index contributed by atoms with van der Waals surface area (Å²) in [5, 5.41) is 0. The number of benzene rings is 1. The standard InChI is InChI=1S/C15H16NO3P/c1-12-8-6-7-11-15(12,2)14(17)19-20(18)16-13-9-4-3-5-10-13/h3-12H,1-2H3. The summed E-state index contributed by atoms with van der Waals surface area (Å²) >= 11 is 0. The Hall–Kier alpha value is -1.77. The van der Waals surface area contributed by atoms with Crippen LogP contribution in [0.4, 0.5) is 5.69 Å². The van der Waals surface area contributed by atoms with Crippen LogP contribution in [0.15, 0.2) is 59.4 Å². The van der Waals surface area contributed by atoms with Crippen molar-refractivity contribution in [3.8, 4) is 0 Å². The lowest BCUT2D eigenvalue weighted by molar-refractivity contribution is -0.182. The molecule has 0 bridgehead atoms. The second-order valence-electron chi connectivity index (χ2n) is 4.87. The van der Waals surface area contributed by atoms with Crippen LogP contribution in [0.25, 0.3) is 0 Å². The molecule has 0 saturated heterocycles. The average Bonchev–Trinajstić information content (AvgIpc) is 2.43. The number of rotatable bonds is 3. The molecule has 1 aliphatic rings. The van der Waals surface area contributed by atoms with Crippen molar-refractivity contribution in [2.24, 2.45) is 16.1 Å². The van der Waals surface area contributed by atoms with E-state index in [1.165, 1.54) is 0 Å². The van der Waals surface area contributed by atoms with Crippen LogP contribution in [0.5, 0.6) is 0 Å². The molecular weight excluding hydrogens is 273 g/mol. The molecule has 104 valence electrons. The van der Waals surface area contributed by atoms with Gasteiger partial charge >= 0.3 is 14.1 Å². The molecule has 20 heavy (non-hydrogen) atoms. The number of allylic oxidation sites excluding steroid dienone is 3. The molecule has 0 aromatic heterocycles. The third kappa shape index (κ3) is 3.21. The summed E-state index contributed by atoms with van der Waals surface area (Å²) in [5.41, 5.74) is -0.273. The van der Waals surface area contributed by atoms with Gasteiger partial charge in [-0.25, -0.2) is 9.32 Å². The molecule has 0 spiro atoms. The lowest BCUT2D eigenvalue weighted by atomic mass is 9.75. The van der Waals surface area contributed by atoms with E-state index >= 15 is 0 Å². The van der Waals surface area contributed by atoms with Crippen LogP contribution in [-0.2, 0) is 9.32 Å².